The Bertz CT molecular complexity index is 886. The molecule has 1 fully saturated rings. The average molecular weight is 390 g/mol. The van der Waals surface area contributed by atoms with Gasteiger partial charge in [0.1, 0.15) is 18.1 Å². The second-order valence-corrected chi connectivity index (χ2v) is 7.28. The van der Waals surface area contributed by atoms with Crippen molar-refractivity contribution in [3.05, 3.63) is 89.9 Å². The molecule has 0 unspecified atom stereocenters. The zero-order chi connectivity index (χ0) is 19.9. The van der Waals surface area contributed by atoms with E-state index in [2.05, 4.69) is 10.2 Å². The van der Waals surface area contributed by atoms with Gasteiger partial charge in [-0.05, 0) is 67.9 Å². The number of likely N-dealkylation sites (tertiary alicyclic amines) is 1. The number of rotatable bonds is 8. The average Bonchev–Trinajstić information content (AvgIpc) is 3.48. The lowest BCUT2D eigenvalue weighted by Gasteiger charge is -2.26. The molecule has 1 amide bonds. The third kappa shape index (κ3) is 5.06. The van der Waals surface area contributed by atoms with Gasteiger partial charge in [-0.25, -0.2) is 0 Å². The first-order valence-electron chi connectivity index (χ1n) is 10.1. The summed E-state index contributed by atoms with van der Waals surface area (Å²) in [5.41, 5.74) is 1.67. The molecule has 2 heterocycles. The summed E-state index contributed by atoms with van der Waals surface area (Å²) in [4.78, 5) is 15.0. The molecule has 0 bridgehead atoms. The van der Waals surface area contributed by atoms with E-state index in [1.807, 2.05) is 66.7 Å². The van der Waals surface area contributed by atoms with E-state index in [0.29, 0.717) is 18.7 Å². The van der Waals surface area contributed by atoms with Gasteiger partial charge < -0.3 is 14.5 Å². The van der Waals surface area contributed by atoms with Crippen LogP contribution in [0, 0.1) is 0 Å². The van der Waals surface area contributed by atoms with E-state index in [-0.39, 0.29) is 11.9 Å². The predicted octanol–water partition coefficient (Wildman–Crippen LogP) is 4.43. The third-order valence-electron chi connectivity index (χ3n) is 5.27. The van der Waals surface area contributed by atoms with Gasteiger partial charge in [0.2, 0.25) is 0 Å². The highest BCUT2D eigenvalue weighted by Crippen LogP contribution is 2.25. The van der Waals surface area contributed by atoms with Crippen molar-refractivity contribution in [3.8, 4) is 5.75 Å². The lowest BCUT2D eigenvalue weighted by Crippen LogP contribution is -2.36. The van der Waals surface area contributed by atoms with Crippen LogP contribution in [-0.2, 0) is 6.61 Å². The molecule has 29 heavy (non-hydrogen) atoms. The highest BCUT2D eigenvalue weighted by atomic mass is 16.5. The van der Waals surface area contributed by atoms with E-state index in [0.717, 1.165) is 30.2 Å². The molecule has 1 saturated heterocycles. The summed E-state index contributed by atoms with van der Waals surface area (Å²) in [7, 11) is 0. The van der Waals surface area contributed by atoms with E-state index in [9.17, 15) is 4.79 Å². The Kier molecular flexibility index (Phi) is 6.27. The molecule has 1 aromatic heterocycles. The minimum Gasteiger partial charge on any atom is -0.489 e. The van der Waals surface area contributed by atoms with Crippen molar-refractivity contribution in [2.75, 3.05) is 19.6 Å². The number of amides is 1. The molecule has 5 heteroatoms. The summed E-state index contributed by atoms with van der Waals surface area (Å²) in [6.07, 6.45) is 4.08. The van der Waals surface area contributed by atoms with Crippen molar-refractivity contribution in [2.24, 2.45) is 0 Å². The van der Waals surface area contributed by atoms with Crippen molar-refractivity contribution in [1.82, 2.24) is 10.2 Å². The molecular formula is C24H26N2O3. The molecule has 0 saturated carbocycles. The molecular weight excluding hydrogens is 364 g/mol. The summed E-state index contributed by atoms with van der Waals surface area (Å²) in [5.74, 6) is 1.66. The monoisotopic (exact) mass is 390 g/mol. The van der Waals surface area contributed by atoms with E-state index in [1.54, 1.807) is 6.26 Å². The summed E-state index contributed by atoms with van der Waals surface area (Å²) in [5, 5.41) is 3.07. The van der Waals surface area contributed by atoms with E-state index < -0.39 is 0 Å². The predicted molar refractivity (Wildman–Crippen MR) is 112 cm³/mol. The molecule has 1 aliphatic rings. The van der Waals surface area contributed by atoms with Crippen LogP contribution in [0.5, 0.6) is 5.75 Å². The first-order chi connectivity index (χ1) is 14.3. The van der Waals surface area contributed by atoms with Gasteiger partial charge in [0.25, 0.3) is 5.91 Å². The van der Waals surface area contributed by atoms with E-state index in [4.69, 9.17) is 9.15 Å². The van der Waals surface area contributed by atoms with Gasteiger partial charge in [-0.1, -0.05) is 30.3 Å². The number of carbonyl (C=O) groups is 1. The summed E-state index contributed by atoms with van der Waals surface area (Å²) in [6, 6.07) is 21.2. The maximum atomic E-state index is 12.6. The number of para-hydroxylation sites is 1. The van der Waals surface area contributed by atoms with Crippen LogP contribution in [-0.4, -0.2) is 30.4 Å². The van der Waals surface area contributed by atoms with Crippen LogP contribution < -0.4 is 10.1 Å². The minimum atomic E-state index is -0.0729. The van der Waals surface area contributed by atoms with Crippen LogP contribution in [0.15, 0.2) is 77.4 Å². The number of carbonyl (C=O) groups excluding carboxylic acids is 1. The van der Waals surface area contributed by atoms with Crippen LogP contribution in [0.25, 0.3) is 0 Å². The Morgan fingerprint density at radius 3 is 2.45 bits per heavy atom. The first kappa shape index (κ1) is 19.3. The van der Waals surface area contributed by atoms with Crippen molar-refractivity contribution in [1.29, 1.82) is 0 Å². The second kappa shape index (κ2) is 9.43. The molecule has 150 valence electrons. The number of hydrogen-bond donors (Lipinski definition) is 1. The quantitative estimate of drug-likeness (QED) is 0.618. The van der Waals surface area contributed by atoms with Gasteiger partial charge in [0.05, 0.1) is 12.3 Å². The van der Waals surface area contributed by atoms with Crippen molar-refractivity contribution in [2.45, 2.75) is 25.5 Å². The van der Waals surface area contributed by atoms with E-state index >= 15 is 0 Å². The highest BCUT2D eigenvalue weighted by molar-refractivity contribution is 5.94. The van der Waals surface area contributed by atoms with Gasteiger partial charge in [-0.3, -0.25) is 9.69 Å². The Hall–Kier alpha value is -3.05. The van der Waals surface area contributed by atoms with Gasteiger partial charge in [-0.15, -0.1) is 0 Å². The number of hydrogen-bond acceptors (Lipinski definition) is 4. The standard InChI is InChI=1S/C24H26N2O3/c27-24(25-17-22(23-9-6-16-28-23)26-14-4-5-15-26)20-12-10-19(11-13-20)18-29-21-7-2-1-3-8-21/h1-3,6-13,16,22H,4-5,14-15,17-18H2,(H,25,27)/t22-/m0/s1. The zero-order valence-corrected chi connectivity index (χ0v) is 16.4. The Labute approximate surface area is 171 Å². The summed E-state index contributed by atoms with van der Waals surface area (Å²) < 4.78 is 11.4. The minimum absolute atomic E-state index is 0.0729. The SMILES string of the molecule is O=C(NC[C@@H](c1ccco1)N1CCCC1)c1ccc(COc2ccccc2)cc1. The summed E-state index contributed by atoms with van der Waals surface area (Å²) >= 11 is 0. The largest absolute Gasteiger partial charge is 0.489 e. The number of nitrogens with zero attached hydrogens (tertiary/aromatic N) is 1. The van der Waals surface area contributed by atoms with Gasteiger partial charge in [0, 0.05) is 12.1 Å². The summed E-state index contributed by atoms with van der Waals surface area (Å²) in [6.45, 7) is 3.08. The molecule has 1 aliphatic heterocycles. The molecule has 1 N–H and O–H groups in total. The van der Waals surface area contributed by atoms with Crippen molar-refractivity contribution in [3.63, 3.8) is 0 Å². The zero-order valence-electron chi connectivity index (χ0n) is 16.4. The topological polar surface area (TPSA) is 54.7 Å². The molecule has 0 spiro atoms. The molecule has 2 aromatic carbocycles. The van der Waals surface area contributed by atoms with Crippen LogP contribution in [0.3, 0.4) is 0 Å². The molecule has 0 aliphatic carbocycles. The fraction of sp³-hybridized carbons (Fsp3) is 0.292. The third-order valence-corrected chi connectivity index (χ3v) is 5.27. The smallest absolute Gasteiger partial charge is 0.251 e. The lowest BCUT2D eigenvalue weighted by molar-refractivity contribution is 0.0933. The van der Waals surface area contributed by atoms with Crippen molar-refractivity contribution >= 4 is 5.91 Å². The number of furan rings is 1. The van der Waals surface area contributed by atoms with Crippen LogP contribution in [0.1, 0.15) is 40.6 Å². The van der Waals surface area contributed by atoms with Crippen LogP contribution >= 0.6 is 0 Å². The fourth-order valence-electron chi connectivity index (χ4n) is 3.67. The highest BCUT2D eigenvalue weighted by Gasteiger charge is 2.26. The molecule has 4 rings (SSSR count). The Morgan fingerprint density at radius 2 is 1.76 bits per heavy atom. The number of ether oxygens (including phenoxy) is 1. The molecule has 5 nitrogen and oxygen atoms in total. The maximum absolute atomic E-state index is 12.6. The number of nitrogens with one attached hydrogen (secondary N) is 1. The number of benzene rings is 2. The van der Waals surface area contributed by atoms with Crippen LogP contribution in [0.4, 0.5) is 0 Å². The molecule has 0 radical (unpaired) electrons. The lowest BCUT2D eigenvalue weighted by atomic mass is 10.1. The van der Waals surface area contributed by atoms with Crippen molar-refractivity contribution < 1.29 is 13.9 Å². The molecule has 3 aromatic rings. The first-order valence-corrected chi connectivity index (χ1v) is 10.1. The Morgan fingerprint density at radius 1 is 1.00 bits per heavy atom. The van der Waals surface area contributed by atoms with Gasteiger partial charge in [0.15, 0.2) is 0 Å². The van der Waals surface area contributed by atoms with E-state index in [1.165, 1.54) is 12.8 Å². The maximum Gasteiger partial charge on any atom is 0.251 e. The second-order valence-electron chi connectivity index (χ2n) is 7.28. The molecule has 1 atom stereocenters. The normalized spacial score (nSPS) is 15.2. The fourth-order valence-corrected chi connectivity index (χ4v) is 3.67. The van der Waals surface area contributed by atoms with Crippen LogP contribution in [0.2, 0.25) is 0 Å². The van der Waals surface area contributed by atoms with Gasteiger partial charge >= 0.3 is 0 Å². The van der Waals surface area contributed by atoms with Gasteiger partial charge in [-0.2, -0.15) is 0 Å². The Balaban J connectivity index is 1.33.